The van der Waals surface area contributed by atoms with Crippen LogP contribution in [0.3, 0.4) is 0 Å². The molecule has 0 fully saturated rings. The molecular formula is C14H11F3N3O2S. The van der Waals surface area contributed by atoms with E-state index in [-0.39, 0.29) is 18.0 Å². The van der Waals surface area contributed by atoms with E-state index in [9.17, 15) is 21.6 Å². The predicted molar refractivity (Wildman–Crippen MR) is 73.6 cm³/mol. The molecule has 0 spiro atoms. The molecule has 2 aromatic rings. The predicted octanol–water partition coefficient (Wildman–Crippen LogP) is 2.04. The van der Waals surface area contributed by atoms with Gasteiger partial charge in [-0.3, -0.25) is 0 Å². The molecule has 1 aromatic heterocycles. The van der Waals surface area contributed by atoms with Crippen LogP contribution in [0, 0.1) is 6.20 Å². The lowest BCUT2D eigenvalue weighted by Crippen LogP contribution is -2.36. The average Bonchev–Trinajstić information content (AvgIpc) is 2.53. The van der Waals surface area contributed by atoms with Gasteiger partial charge < -0.3 is 0 Å². The lowest BCUT2D eigenvalue weighted by molar-refractivity contribution is -0.137. The molecule has 1 radical (unpaired) electrons. The third-order valence-corrected chi connectivity index (χ3v) is 5.40. The van der Waals surface area contributed by atoms with Crippen LogP contribution in [-0.2, 0) is 29.2 Å². The van der Waals surface area contributed by atoms with Crippen molar-refractivity contribution in [3.05, 3.63) is 53.6 Å². The molecule has 0 saturated heterocycles. The van der Waals surface area contributed by atoms with Crippen LogP contribution in [0.5, 0.6) is 0 Å². The zero-order chi connectivity index (χ0) is 16.7. The summed E-state index contributed by atoms with van der Waals surface area (Å²) >= 11 is 0. The van der Waals surface area contributed by atoms with Crippen molar-refractivity contribution >= 4 is 10.0 Å². The molecule has 1 aromatic carbocycles. The van der Waals surface area contributed by atoms with Crippen molar-refractivity contribution in [2.45, 2.75) is 24.0 Å². The lowest BCUT2D eigenvalue weighted by Gasteiger charge is -2.27. The van der Waals surface area contributed by atoms with Crippen LogP contribution in [0.25, 0.3) is 0 Å². The molecule has 0 atom stereocenters. The molecule has 0 bridgehead atoms. The van der Waals surface area contributed by atoms with Crippen molar-refractivity contribution < 1.29 is 21.6 Å². The number of rotatable bonds is 2. The van der Waals surface area contributed by atoms with Gasteiger partial charge in [-0.25, -0.2) is 18.4 Å². The molecule has 1 aliphatic rings. The molecule has 1 aliphatic heterocycles. The van der Waals surface area contributed by atoms with Crippen LogP contribution in [-0.4, -0.2) is 29.2 Å². The Kier molecular flexibility index (Phi) is 3.85. The smallest absolute Gasteiger partial charge is 0.240 e. The summed E-state index contributed by atoms with van der Waals surface area (Å²) in [5.41, 5.74) is 0.247. The number of alkyl halides is 3. The Labute approximate surface area is 130 Å². The first kappa shape index (κ1) is 15.9. The summed E-state index contributed by atoms with van der Waals surface area (Å²) in [6.07, 6.45) is -0.216. The Morgan fingerprint density at radius 3 is 2.78 bits per heavy atom. The Morgan fingerprint density at radius 1 is 1.26 bits per heavy atom. The van der Waals surface area contributed by atoms with Gasteiger partial charge in [0.2, 0.25) is 10.0 Å². The van der Waals surface area contributed by atoms with Crippen molar-refractivity contribution in [3.8, 4) is 0 Å². The third-order valence-electron chi connectivity index (χ3n) is 3.56. The molecule has 0 saturated carbocycles. The topological polar surface area (TPSA) is 63.2 Å². The molecule has 121 valence electrons. The number of fused-ring (bicyclic) bond motifs is 1. The summed E-state index contributed by atoms with van der Waals surface area (Å²) in [6, 6.07) is 3.74. The second-order valence-corrected chi connectivity index (χ2v) is 6.96. The zero-order valence-corrected chi connectivity index (χ0v) is 12.5. The first-order chi connectivity index (χ1) is 10.8. The summed E-state index contributed by atoms with van der Waals surface area (Å²) in [5.74, 6) is 0. The van der Waals surface area contributed by atoms with Gasteiger partial charge in [-0.1, -0.05) is 6.07 Å². The molecular weight excluding hydrogens is 331 g/mol. The maximum Gasteiger partial charge on any atom is 0.416 e. The van der Waals surface area contributed by atoms with E-state index in [4.69, 9.17) is 0 Å². The summed E-state index contributed by atoms with van der Waals surface area (Å²) in [5, 5.41) is 0. The highest BCUT2D eigenvalue weighted by molar-refractivity contribution is 7.89. The fourth-order valence-corrected chi connectivity index (χ4v) is 3.80. The van der Waals surface area contributed by atoms with Gasteiger partial charge in [-0.05, 0) is 24.6 Å². The highest BCUT2D eigenvalue weighted by atomic mass is 32.2. The van der Waals surface area contributed by atoms with Gasteiger partial charge in [0.05, 0.1) is 28.9 Å². The van der Waals surface area contributed by atoms with E-state index in [1.54, 1.807) is 0 Å². The average molecular weight is 342 g/mol. The standard InChI is InChI=1S/C14H11F3N3O2S/c15-14(16,17)11-2-1-3-12(6-11)23(21,22)20-5-4-10-7-18-9-19-13(10)8-20/h1-3,6,9H,4-5,8H2. The van der Waals surface area contributed by atoms with Gasteiger partial charge in [0.1, 0.15) is 6.33 Å². The van der Waals surface area contributed by atoms with Gasteiger partial charge in [-0.2, -0.15) is 17.5 Å². The molecule has 23 heavy (non-hydrogen) atoms. The maximum atomic E-state index is 12.8. The van der Waals surface area contributed by atoms with E-state index in [0.717, 1.165) is 28.1 Å². The van der Waals surface area contributed by atoms with E-state index >= 15 is 0 Å². The number of aromatic nitrogens is 2. The minimum Gasteiger partial charge on any atom is -0.240 e. The van der Waals surface area contributed by atoms with Crippen LogP contribution in [0.4, 0.5) is 13.2 Å². The van der Waals surface area contributed by atoms with Crippen molar-refractivity contribution in [1.29, 1.82) is 0 Å². The van der Waals surface area contributed by atoms with Gasteiger partial charge in [-0.15, -0.1) is 0 Å². The lowest BCUT2D eigenvalue weighted by atomic mass is 10.1. The van der Waals surface area contributed by atoms with Crippen LogP contribution in [0.1, 0.15) is 16.8 Å². The van der Waals surface area contributed by atoms with Crippen LogP contribution < -0.4 is 0 Å². The summed E-state index contributed by atoms with van der Waals surface area (Å²) in [4.78, 5) is 7.38. The van der Waals surface area contributed by atoms with Crippen LogP contribution >= 0.6 is 0 Å². The van der Waals surface area contributed by atoms with E-state index in [0.29, 0.717) is 18.2 Å². The number of hydrogen-bond acceptors (Lipinski definition) is 4. The molecule has 0 unspecified atom stereocenters. The van der Waals surface area contributed by atoms with Crippen LogP contribution in [0.15, 0.2) is 35.5 Å². The molecule has 2 heterocycles. The van der Waals surface area contributed by atoms with Gasteiger partial charge >= 0.3 is 6.18 Å². The second-order valence-electron chi connectivity index (χ2n) is 5.02. The second kappa shape index (κ2) is 5.57. The van der Waals surface area contributed by atoms with E-state index < -0.39 is 21.8 Å². The number of hydrogen-bond donors (Lipinski definition) is 0. The third kappa shape index (κ3) is 3.06. The number of halogens is 3. The molecule has 9 heteroatoms. The van der Waals surface area contributed by atoms with Gasteiger partial charge in [0.15, 0.2) is 0 Å². The van der Waals surface area contributed by atoms with E-state index in [1.165, 1.54) is 6.33 Å². The SMILES string of the molecule is O=S(=O)(c1cccc(C(F)(F)F)c1)N1CCc2[c]ncnc2C1. The number of benzene rings is 1. The molecule has 0 amide bonds. The highest BCUT2D eigenvalue weighted by Gasteiger charge is 2.34. The maximum absolute atomic E-state index is 12.8. The van der Waals surface area contributed by atoms with E-state index in [2.05, 4.69) is 16.2 Å². The fourth-order valence-electron chi connectivity index (χ4n) is 2.35. The summed E-state index contributed by atoms with van der Waals surface area (Å²) in [7, 11) is -4.03. The normalized spacial score (nSPS) is 16.1. The monoisotopic (exact) mass is 342 g/mol. The van der Waals surface area contributed by atoms with Crippen molar-refractivity contribution in [1.82, 2.24) is 14.3 Å². The molecule has 0 N–H and O–H groups in total. The minimum absolute atomic E-state index is 0.00701. The summed E-state index contributed by atoms with van der Waals surface area (Å²) in [6.45, 7) is 0.141. The van der Waals surface area contributed by atoms with Gasteiger partial charge in [0.25, 0.3) is 0 Å². The molecule has 3 rings (SSSR count). The zero-order valence-electron chi connectivity index (χ0n) is 11.7. The Bertz CT molecular complexity index is 837. The number of sulfonamides is 1. The minimum atomic E-state index is -4.60. The number of nitrogens with zero attached hydrogens (tertiary/aromatic N) is 3. The Hall–Kier alpha value is -2.00. The van der Waals surface area contributed by atoms with Crippen LogP contribution in [0.2, 0.25) is 0 Å². The van der Waals surface area contributed by atoms with E-state index in [1.807, 2.05) is 0 Å². The first-order valence-corrected chi connectivity index (χ1v) is 8.10. The Morgan fingerprint density at radius 2 is 2.04 bits per heavy atom. The fraction of sp³-hybridized carbons (Fsp3) is 0.286. The highest BCUT2D eigenvalue weighted by Crippen LogP contribution is 2.31. The van der Waals surface area contributed by atoms with Crippen molar-refractivity contribution in [2.24, 2.45) is 0 Å². The molecule has 5 nitrogen and oxygen atoms in total. The largest absolute Gasteiger partial charge is 0.416 e. The quantitative estimate of drug-likeness (QED) is 0.838. The van der Waals surface area contributed by atoms with Crippen molar-refractivity contribution in [3.63, 3.8) is 0 Å². The first-order valence-electron chi connectivity index (χ1n) is 6.66. The van der Waals surface area contributed by atoms with Crippen molar-refractivity contribution in [2.75, 3.05) is 6.54 Å². The van der Waals surface area contributed by atoms with Gasteiger partial charge in [0, 0.05) is 12.1 Å². The Balaban J connectivity index is 1.94. The summed E-state index contributed by atoms with van der Waals surface area (Å²) < 4.78 is 64.6. The molecule has 0 aliphatic carbocycles.